The van der Waals surface area contributed by atoms with Gasteiger partial charge < -0.3 is 19.5 Å². The second kappa shape index (κ2) is 11.3. The van der Waals surface area contributed by atoms with E-state index >= 15 is 0 Å². The van der Waals surface area contributed by atoms with Crippen molar-refractivity contribution in [3.63, 3.8) is 0 Å². The first-order valence-electron chi connectivity index (χ1n) is 9.55. The number of carbonyl (C=O) groups excluding carboxylic acids is 1. The van der Waals surface area contributed by atoms with Crippen LogP contribution in [0.2, 0.25) is 5.02 Å². The summed E-state index contributed by atoms with van der Waals surface area (Å²) in [6.45, 7) is 3.81. The zero-order valence-electron chi connectivity index (χ0n) is 15.8. The van der Waals surface area contributed by atoms with Crippen LogP contribution in [0, 0.1) is 0 Å². The zero-order chi connectivity index (χ0) is 18.8. The summed E-state index contributed by atoms with van der Waals surface area (Å²) in [5.41, 5.74) is 0.462. The van der Waals surface area contributed by atoms with Crippen molar-refractivity contribution in [2.24, 2.45) is 0 Å². The van der Waals surface area contributed by atoms with E-state index in [9.17, 15) is 4.79 Å². The summed E-state index contributed by atoms with van der Waals surface area (Å²) < 4.78 is 16.8. The van der Waals surface area contributed by atoms with Gasteiger partial charge in [-0.15, -0.1) is 0 Å². The summed E-state index contributed by atoms with van der Waals surface area (Å²) in [6, 6.07) is 3.27. The van der Waals surface area contributed by atoms with Gasteiger partial charge in [-0.3, -0.25) is 4.79 Å². The SMILES string of the molecule is CCCOc1c(Cl)cc(C(=O)NCCCOC2CCCCC2)cc1OC. The van der Waals surface area contributed by atoms with E-state index in [0.29, 0.717) is 47.9 Å². The number of carbonyl (C=O) groups is 1. The monoisotopic (exact) mass is 383 g/mol. The number of hydrogen-bond acceptors (Lipinski definition) is 4. The second-order valence-electron chi connectivity index (χ2n) is 6.58. The average molecular weight is 384 g/mol. The summed E-state index contributed by atoms with van der Waals surface area (Å²) in [5, 5.41) is 3.28. The fourth-order valence-corrected chi connectivity index (χ4v) is 3.32. The Morgan fingerprint density at radius 2 is 2.00 bits per heavy atom. The second-order valence-corrected chi connectivity index (χ2v) is 6.99. The number of ether oxygens (including phenoxy) is 3. The molecule has 0 heterocycles. The summed E-state index contributed by atoms with van der Waals surface area (Å²) in [7, 11) is 1.54. The summed E-state index contributed by atoms with van der Waals surface area (Å²) in [5.74, 6) is 0.773. The molecule has 0 aliphatic heterocycles. The lowest BCUT2D eigenvalue weighted by molar-refractivity contribution is 0.0273. The molecule has 1 aromatic carbocycles. The molecule has 5 nitrogen and oxygen atoms in total. The maximum absolute atomic E-state index is 12.3. The Hall–Kier alpha value is -1.46. The van der Waals surface area contributed by atoms with E-state index in [4.69, 9.17) is 25.8 Å². The largest absolute Gasteiger partial charge is 0.493 e. The number of rotatable bonds is 10. The highest BCUT2D eigenvalue weighted by atomic mass is 35.5. The van der Waals surface area contributed by atoms with Crippen molar-refractivity contribution in [1.29, 1.82) is 0 Å². The summed E-state index contributed by atoms with van der Waals surface area (Å²) >= 11 is 6.26. The fourth-order valence-electron chi connectivity index (χ4n) is 3.05. The molecule has 1 N–H and O–H groups in total. The normalized spacial score (nSPS) is 14.9. The Morgan fingerprint density at radius 1 is 1.23 bits per heavy atom. The molecule has 0 bridgehead atoms. The first-order chi connectivity index (χ1) is 12.7. The molecule has 1 aliphatic carbocycles. The highest BCUT2D eigenvalue weighted by molar-refractivity contribution is 6.32. The molecule has 1 saturated carbocycles. The molecule has 6 heteroatoms. The van der Waals surface area contributed by atoms with Crippen LogP contribution >= 0.6 is 11.6 Å². The molecule has 1 fully saturated rings. The molecule has 1 aromatic rings. The van der Waals surface area contributed by atoms with Crippen LogP contribution in [0.4, 0.5) is 0 Å². The molecule has 0 aromatic heterocycles. The van der Waals surface area contributed by atoms with Gasteiger partial charge >= 0.3 is 0 Å². The van der Waals surface area contributed by atoms with Gasteiger partial charge in [-0.1, -0.05) is 37.8 Å². The van der Waals surface area contributed by atoms with E-state index < -0.39 is 0 Å². The maximum atomic E-state index is 12.3. The molecule has 146 valence electrons. The van der Waals surface area contributed by atoms with Gasteiger partial charge in [0.25, 0.3) is 5.91 Å². The summed E-state index contributed by atoms with van der Waals surface area (Å²) in [6.07, 6.45) is 8.25. The molecule has 0 unspecified atom stereocenters. The fraction of sp³-hybridized carbons (Fsp3) is 0.650. The van der Waals surface area contributed by atoms with E-state index in [1.165, 1.54) is 26.4 Å². The Labute approximate surface area is 161 Å². The van der Waals surface area contributed by atoms with E-state index in [0.717, 1.165) is 25.7 Å². The molecule has 1 amide bonds. The van der Waals surface area contributed by atoms with Crippen LogP contribution in [-0.2, 0) is 4.74 Å². The minimum atomic E-state index is -0.176. The standard InChI is InChI=1S/C20H30ClNO4/c1-3-11-26-19-17(21)13-15(14-18(19)24-2)20(23)22-10-7-12-25-16-8-5-4-6-9-16/h13-14,16H,3-12H2,1-2H3,(H,22,23). The van der Waals surface area contributed by atoms with Crippen LogP contribution in [0.5, 0.6) is 11.5 Å². The first kappa shape index (κ1) is 20.8. The van der Waals surface area contributed by atoms with Crippen LogP contribution in [0.3, 0.4) is 0 Å². The van der Waals surface area contributed by atoms with Crippen molar-refractivity contribution in [2.75, 3.05) is 26.9 Å². The third-order valence-electron chi connectivity index (χ3n) is 4.45. The van der Waals surface area contributed by atoms with Crippen molar-refractivity contribution in [2.45, 2.75) is 58.0 Å². The van der Waals surface area contributed by atoms with Crippen molar-refractivity contribution in [1.82, 2.24) is 5.32 Å². The third kappa shape index (κ3) is 6.36. The number of benzene rings is 1. The molecular weight excluding hydrogens is 354 g/mol. The predicted octanol–water partition coefficient (Wildman–Crippen LogP) is 4.61. The van der Waals surface area contributed by atoms with Crippen LogP contribution < -0.4 is 14.8 Å². The van der Waals surface area contributed by atoms with Gasteiger partial charge in [0, 0.05) is 18.7 Å². The highest BCUT2D eigenvalue weighted by Crippen LogP contribution is 2.36. The summed E-state index contributed by atoms with van der Waals surface area (Å²) in [4.78, 5) is 12.3. The number of halogens is 1. The van der Waals surface area contributed by atoms with Crippen LogP contribution in [0.15, 0.2) is 12.1 Å². The van der Waals surface area contributed by atoms with Crippen LogP contribution in [0.25, 0.3) is 0 Å². The zero-order valence-corrected chi connectivity index (χ0v) is 16.6. The number of nitrogens with one attached hydrogen (secondary N) is 1. The molecule has 26 heavy (non-hydrogen) atoms. The molecule has 0 atom stereocenters. The van der Waals surface area contributed by atoms with Gasteiger partial charge in [-0.25, -0.2) is 0 Å². The van der Waals surface area contributed by atoms with E-state index in [1.54, 1.807) is 12.1 Å². The Morgan fingerprint density at radius 3 is 2.69 bits per heavy atom. The number of amides is 1. The van der Waals surface area contributed by atoms with Gasteiger partial charge in [0.1, 0.15) is 0 Å². The molecule has 2 rings (SSSR count). The van der Waals surface area contributed by atoms with Gasteiger partial charge in [0.05, 0.1) is 24.8 Å². The minimum absolute atomic E-state index is 0.176. The first-order valence-corrected chi connectivity index (χ1v) is 9.93. The topological polar surface area (TPSA) is 56.8 Å². The van der Waals surface area contributed by atoms with Gasteiger partial charge in [-0.05, 0) is 37.8 Å². The molecular formula is C20H30ClNO4. The van der Waals surface area contributed by atoms with E-state index in [2.05, 4.69) is 5.32 Å². The predicted molar refractivity (Wildman–Crippen MR) is 104 cm³/mol. The molecule has 1 aliphatic rings. The van der Waals surface area contributed by atoms with Crippen molar-refractivity contribution in [3.8, 4) is 11.5 Å². The smallest absolute Gasteiger partial charge is 0.251 e. The van der Waals surface area contributed by atoms with E-state index in [1.807, 2.05) is 6.92 Å². The van der Waals surface area contributed by atoms with Crippen LogP contribution in [-0.4, -0.2) is 38.9 Å². The van der Waals surface area contributed by atoms with Crippen molar-refractivity contribution >= 4 is 17.5 Å². The van der Waals surface area contributed by atoms with Gasteiger partial charge in [0.2, 0.25) is 0 Å². The van der Waals surface area contributed by atoms with E-state index in [-0.39, 0.29) is 5.91 Å². The third-order valence-corrected chi connectivity index (χ3v) is 4.74. The average Bonchev–Trinajstić information content (AvgIpc) is 2.66. The highest BCUT2D eigenvalue weighted by Gasteiger charge is 2.16. The van der Waals surface area contributed by atoms with Crippen molar-refractivity contribution < 1.29 is 19.0 Å². The van der Waals surface area contributed by atoms with Crippen molar-refractivity contribution in [3.05, 3.63) is 22.7 Å². The Kier molecular flexibility index (Phi) is 9.06. The van der Waals surface area contributed by atoms with Gasteiger partial charge in [0.15, 0.2) is 11.5 Å². The molecule has 0 radical (unpaired) electrons. The minimum Gasteiger partial charge on any atom is -0.493 e. The maximum Gasteiger partial charge on any atom is 0.251 e. The number of hydrogen-bond donors (Lipinski definition) is 1. The Bertz CT molecular complexity index is 573. The van der Waals surface area contributed by atoms with Gasteiger partial charge in [-0.2, -0.15) is 0 Å². The lowest BCUT2D eigenvalue weighted by Gasteiger charge is -2.21. The Balaban J connectivity index is 1.80. The van der Waals surface area contributed by atoms with Crippen LogP contribution in [0.1, 0.15) is 62.2 Å². The lowest BCUT2D eigenvalue weighted by Crippen LogP contribution is -2.26. The quantitative estimate of drug-likeness (QED) is 0.599. The molecule has 0 saturated heterocycles. The molecule has 0 spiro atoms. The lowest BCUT2D eigenvalue weighted by atomic mass is 9.98. The number of methoxy groups -OCH3 is 1.